The zero-order valence-corrected chi connectivity index (χ0v) is 33.8. The maximum atomic E-state index is 11.8. The Balaban J connectivity index is 0.000000393. The van der Waals surface area contributed by atoms with Gasteiger partial charge in [0.05, 0.1) is 0 Å². The van der Waals surface area contributed by atoms with Crippen molar-refractivity contribution in [3.05, 3.63) is 158 Å². The molecule has 8 heterocycles. The number of nitrogens with zero attached hydrogens (tertiary/aromatic N) is 6. The van der Waals surface area contributed by atoms with Gasteiger partial charge in [-0.25, -0.2) is 0 Å². The molecule has 0 fully saturated rings. The van der Waals surface area contributed by atoms with Gasteiger partial charge in [0.25, 0.3) is 0 Å². The van der Waals surface area contributed by atoms with Crippen LogP contribution >= 0.6 is 0 Å². The van der Waals surface area contributed by atoms with E-state index in [0.717, 1.165) is 83.7 Å². The Kier molecular flexibility index (Phi) is 13.6. The molecule has 2 N–H and O–H groups in total. The molecule has 0 saturated carbocycles. The van der Waals surface area contributed by atoms with E-state index >= 15 is 0 Å². The van der Waals surface area contributed by atoms with E-state index in [4.69, 9.17) is 9.98 Å². The van der Waals surface area contributed by atoms with Crippen molar-refractivity contribution >= 4 is 53.7 Å². The zero-order valence-electron chi connectivity index (χ0n) is 31.6. The van der Waals surface area contributed by atoms with E-state index in [1.807, 2.05) is 75.4 Å². The summed E-state index contributed by atoms with van der Waals surface area (Å²) in [4.78, 5) is 41.0. The quantitative estimate of drug-likeness (QED) is 0.186. The number of aliphatic imine (C=N–C) groups is 2. The molecule has 12 heteroatoms. The van der Waals surface area contributed by atoms with Gasteiger partial charge < -0.3 is 0 Å². The molecule has 0 unspecified atom stereocenters. The van der Waals surface area contributed by atoms with E-state index in [0.29, 0.717) is 33.9 Å². The van der Waals surface area contributed by atoms with Crippen LogP contribution in [0, 0.1) is 13.8 Å². The van der Waals surface area contributed by atoms with Crippen LogP contribution in [0.4, 0.5) is 0 Å². The van der Waals surface area contributed by atoms with Crippen molar-refractivity contribution in [2.45, 2.75) is 53.4 Å². The number of aromatic nitrogens is 4. The van der Waals surface area contributed by atoms with Crippen LogP contribution in [-0.4, -0.2) is 50.7 Å². The van der Waals surface area contributed by atoms with Gasteiger partial charge in [0.2, 0.25) is 0 Å². The molecule has 4 aliphatic heterocycles. The van der Waals surface area contributed by atoms with Gasteiger partial charge in [0, 0.05) is 41.9 Å². The summed E-state index contributed by atoms with van der Waals surface area (Å²) < 4.78 is 4.47. The van der Waals surface area contributed by atoms with Crippen LogP contribution < -0.4 is 10.7 Å². The first-order chi connectivity index (χ1) is 26.5. The third-order valence-corrected chi connectivity index (χ3v) is 11.2. The average Bonchev–Trinajstić information content (AvgIpc) is 3.82. The molecule has 0 spiro atoms. The topological polar surface area (TPSA) is 135 Å². The number of hydrogen-bond acceptors (Lipinski definition) is 6. The molecule has 10 nitrogen and oxygen atoms in total. The predicted octanol–water partition coefficient (Wildman–Crippen LogP) is 6.90. The van der Waals surface area contributed by atoms with Crippen molar-refractivity contribution in [1.29, 1.82) is 0 Å². The van der Waals surface area contributed by atoms with Gasteiger partial charge in [-0.3, -0.25) is 9.97 Å². The van der Waals surface area contributed by atoms with Crippen molar-refractivity contribution in [1.82, 2.24) is 17.1 Å². The number of carboxylic acid groups (broad SMARTS) is 2. The number of pyridine rings is 2. The standard InChI is InChI=1S/C34H34N4O4.2C5H5N.2Fe/c1-7-21-17(3)25-13-26-19(5)23(9-11-33(39)40)31(37-26)16-32-24(10-12-34(41)42)20(6)28(38-32)15-30-22(8-2)18(4)27(36-30)14-29(21)35-25;2*1-2-4-6-5-3-1;;/h7-8,13-16H,1-2,9-12H2,3-6H3,(H4,35,36,37,38,39,40,41,42);2*1-5H;;/q;;;;+2/p-2/b25-13?,26-13-,27-14?,28-15-,29-14-,30-15?,31-16-,32-16?;;;;. The van der Waals surface area contributed by atoms with Crippen LogP contribution in [0.25, 0.3) is 30.4 Å². The number of carboxylic acids is 2. The summed E-state index contributed by atoms with van der Waals surface area (Å²) >= 11 is 0.463. The van der Waals surface area contributed by atoms with Crippen LogP contribution in [0.2, 0.25) is 0 Å². The van der Waals surface area contributed by atoms with Crippen molar-refractivity contribution in [2.24, 2.45) is 9.98 Å². The third kappa shape index (κ3) is 8.59. The number of rotatable bonds is 8. The smallest absolute Gasteiger partial charge is 0.0267 e. The molecular weight excluding hydrogens is 788 g/mol. The molecule has 4 aliphatic rings. The number of fused-ring (bicyclic) bond motifs is 2. The minimum absolute atomic E-state index is 0. The summed E-state index contributed by atoms with van der Waals surface area (Å²) in [7, 11) is 0. The van der Waals surface area contributed by atoms with Crippen LogP contribution in [0.3, 0.4) is 0 Å². The summed E-state index contributed by atoms with van der Waals surface area (Å²) in [5.74, 6) is -1.74. The molecule has 4 aromatic rings. The second-order valence-electron chi connectivity index (χ2n) is 13.0. The largest absolute Gasteiger partial charge is 0.265 e. The Morgan fingerprint density at radius 1 is 0.679 bits per heavy atom. The van der Waals surface area contributed by atoms with Crippen LogP contribution in [0.1, 0.15) is 66.8 Å². The Labute approximate surface area is 343 Å². The van der Waals surface area contributed by atoms with E-state index in [2.05, 4.69) is 55.4 Å². The molecule has 288 valence electrons. The normalized spacial score (nSPS) is 17.6. The van der Waals surface area contributed by atoms with Crippen molar-refractivity contribution in [2.75, 3.05) is 0 Å². The van der Waals surface area contributed by atoms with Crippen molar-refractivity contribution < 1.29 is 52.3 Å². The SMILES string of the molecule is C=CC1=C(C)C2=NC/1=C\c1c(C)c(C=C)c3[n]1[Fe][n]1/c(c(C)c(CCC(=O)O)/c1=C/C1=NC(=C\3)/C(C)=C1CCC(=O)O)=C\2.[Fe].c1ccncc1.c1ccncc1. The van der Waals surface area contributed by atoms with E-state index in [1.54, 1.807) is 24.8 Å². The summed E-state index contributed by atoms with van der Waals surface area (Å²) in [5, 5.41) is 21.0. The van der Waals surface area contributed by atoms with E-state index < -0.39 is 11.9 Å². The van der Waals surface area contributed by atoms with Gasteiger partial charge in [-0.2, -0.15) is 0 Å². The minimum Gasteiger partial charge on any atom is -0.265 e. The fourth-order valence-electron chi connectivity index (χ4n) is 6.76. The minimum atomic E-state index is -0.868. The van der Waals surface area contributed by atoms with Gasteiger partial charge in [-0.05, 0) is 24.3 Å². The van der Waals surface area contributed by atoms with Crippen LogP contribution in [0.5, 0.6) is 0 Å². The van der Waals surface area contributed by atoms with E-state index in [-0.39, 0.29) is 29.9 Å². The second kappa shape index (κ2) is 18.3. The van der Waals surface area contributed by atoms with Gasteiger partial charge >= 0.3 is 257 Å². The first kappa shape index (κ1) is 41.5. The monoisotopic (exact) mass is 830 g/mol. The Hall–Kier alpha value is -5.64. The predicted molar refractivity (Wildman–Crippen MR) is 215 cm³/mol. The zero-order chi connectivity index (χ0) is 39.2. The molecule has 56 heavy (non-hydrogen) atoms. The van der Waals surface area contributed by atoms with Gasteiger partial charge in [-0.15, -0.1) is 0 Å². The third-order valence-electron chi connectivity index (χ3n) is 9.68. The van der Waals surface area contributed by atoms with Gasteiger partial charge in [0.15, 0.2) is 0 Å². The van der Waals surface area contributed by atoms with Crippen molar-refractivity contribution in [3.8, 4) is 0 Å². The molecule has 4 aromatic heterocycles. The van der Waals surface area contributed by atoms with Crippen molar-refractivity contribution in [3.63, 3.8) is 0 Å². The second-order valence-corrected chi connectivity index (χ2v) is 14.2. The average molecular weight is 831 g/mol. The molecular formula is C44H42Fe2N6O4. The maximum Gasteiger partial charge on any atom is 0.0267 e. The first-order valence-corrected chi connectivity index (χ1v) is 18.8. The molecule has 0 aliphatic carbocycles. The van der Waals surface area contributed by atoms with E-state index in [1.165, 1.54) is 0 Å². The molecule has 0 amide bonds. The van der Waals surface area contributed by atoms with Crippen LogP contribution in [-0.2, 0) is 48.5 Å². The molecule has 0 saturated heterocycles. The Bertz CT molecular complexity index is 2450. The number of aliphatic carboxylic acids is 2. The Morgan fingerprint density at radius 2 is 1.25 bits per heavy atom. The molecule has 0 atom stereocenters. The number of carbonyl (C=O) groups is 2. The summed E-state index contributed by atoms with van der Waals surface area (Å²) in [5.41, 5.74) is 12.9. The number of allylic oxidation sites excluding steroid dienone is 4. The maximum absolute atomic E-state index is 11.8. The molecule has 0 radical (unpaired) electrons. The van der Waals surface area contributed by atoms with Gasteiger partial charge in [-0.1, -0.05) is 12.1 Å². The molecule has 8 rings (SSSR count). The fraction of sp³-hybridized carbons (Fsp3) is 0.182. The molecule has 0 aromatic carbocycles. The first-order valence-electron chi connectivity index (χ1n) is 17.8. The summed E-state index contributed by atoms with van der Waals surface area (Å²) in [6, 6.07) is 11.4. The summed E-state index contributed by atoms with van der Waals surface area (Å²) in [6.45, 7) is 16.4. The molecule has 6 bridgehead atoms. The van der Waals surface area contributed by atoms with E-state index in [9.17, 15) is 19.8 Å². The number of hydrogen-bond donors (Lipinski definition) is 2. The Morgan fingerprint density at radius 3 is 1.79 bits per heavy atom. The van der Waals surface area contributed by atoms with Crippen LogP contribution in [0.15, 0.2) is 124 Å². The fourth-order valence-corrected chi connectivity index (χ4v) is 8.40. The van der Waals surface area contributed by atoms with Gasteiger partial charge in [0.1, 0.15) is 0 Å². The summed E-state index contributed by atoms with van der Waals surface area (Å²) in [6.07, 6.45) is 19.7.